The van der Waals surface area contributed by atoms with Crippen molar-refractivity contribution in [2.75, 3.05) is 20.7 Å². The Labute approximate surface area is 297 Å². The molecule has 17 unspecified atom stereocenters. The first-order chi connectivity index (χ1) is 23.5. The van der Waals surface area contributed by atoms with E-state index < -0.39 is 96.8 Å². The van der Waals surface area contributed by atoms with Crippen molar-refractivity contribution in [3.05, 3.63) is 12.2 Å². The molecule has 0 saturated carbocycles. The van der Waals surface area contributed by atoms with E-state index in [4.69, 9.17) is 28.4 Å². The van der Waals surface area contributed by atoms with Gasteiger partial charge in [-0.2, -0.15) is 0 Å². The van der Waals surface area contributed by atoms with Crippen molar-refractivity contribution in [2.24, 2.45) is 23.7 Å². The highest BCUT2D eigenvalue weighted by Crippen LogP contribution is 2.45. The molecule has 50 heavy (non-hydrogen) atoms. The zero-order valence-corrected chi connectivity index (χ0v) is 31.3. The minimum absolute atomic E-state index is 0.101. The third kappa shape index (κ3) is 9.71. The number of hydrogen-bond acceptors (Lipinski definition) is 13. The van der Waals surface area contributed by atoms with Crippen LogP contribution in [0.1, 0.15) is 87.0 Å². The second kappa shape index (κ2) is 17.5. The zero-order chi connectivity index (χ0) is 37.1. The molecule has 0 radical (unpaired) electrons. The van der Waals surface area contributed by atoms with E-state index in [2.05, 4.69) is 0 Å². The summed E-state index contributed by atoms with van der Waals surface area (Å²) in [5, 5.41) is 43.6. The molecule has 17 atom stereocenters. The van der Waals surface area contributed by atoms with Gasteiger partial charge in [0.15, 0.2) is 18.4 Å². The van der Waals surface area contributed by atoms with Gasteiger partial charge in [0, 0.05) is 30.8 Å². The first kappa shape index (κ1) is 41.2. The minimum Gasteiger partial charge on any atom is -0.462 e. The monoisotopic (exact) mass is 713 g/mol. The molecule has 4 aliphatic heterocycles. The van der Waals surface area contributed by atoms with Crippen LogP contribution in [0.5, 0.6) is 0 Å². The number of fused-ring (bicyclic) bond motifs is 1. The number of ether oxygens (including phenoxy) is 6. The van der Waals surface area contributed by atoms with Gasteiger partial charge in [-0.15, -0.1) is 0 Å². The van der Waals surface area contributed by atoms with Crippen LogP contribution >= 0.6 is 0 Å². The Bertz CT molecular complexity index is 1150. The van der Waals surface area contributed by atoms with Gasteiger partial charge in [-0.1, -0.05) is 27.7 Å². The van der Waals surface area contributed by atoms with E-state index in [1.54, 1.807) is 26.0 Å². The number of allylic oxidation sites excluding steroid dienone is 1. The molecule has 4 rings (SSSR count). The van der Waals surface area contributed by atoms with Crippen molar-refractivity contribution >= 4 is 11.8 Å². The summed E-state index contributed by atoms with van der Waals surface area (Å²) >= 11 is 0. The lowest BCUT2D eigenvalue weighted by Gasteiger charge is -2.49. The van der Waals surface area contributed by atoms with Crippen molar-refractivity contribution in [1.29, 1.82) is 0 Å². The molecular formula is C37H63NO12. The lowest BCUT2D eigenvalue weighted by atomic mass is 9.79. The fourth-order valence-corrected chi connectivity index (χ4v) is 8.06. The third-order valence-electron chi connectivity index (χ3n) is 11.4. The Morgan fingerprint density at radius 1 is 0.940 bits per heavy atom. The smallest absolute Gasteiger partial charge is 0.308 e. The molecule has 4 heterocycles. The molecule has 3 fully saturated rings. The summed E-state index contributed by atoms with van der Waals surface area (Å²) in [4.78, 5) is 28.5. The van der Waals surface area contributed by atoms with Crippen molar-refractivity contribution in [3.63, 3.8) is 0 Å². The lowest BCUT2D eigenvalue weighted by Crippen LogP contribution is -2.64. The van der Waals surface area contributed by atoms with Crippen LogP contribution in [0.2, 0.25) is 0 Å². The molecule has 4 aliphatic rings. The van der Waals surface area contributed by atoms with E-state index in [0.717, 1.165) is 0 Å². The number of hydrogen-bond donors (Lipinski definition) is 4. The molecule has 13 heteroatoms. The summed E-state index contributed by atoms with van der Waals surface area (Å²) < 4.78 is 37.1. The highest BCUT2D eigenvalue weighted by Gasteiger charge is 2.55. The SMILES string of the molecule is CCC1OC(=O)CC(O)C(C)C(OC2OC(C)C(OC3CCC(O)C(C)O3)C(N(C)C)C2O)C(CCO)CC(C)C(=O)C=CC2(C)OC2C1C. The predicted octanol–water partition coefficient (Wildman–Crippen LogP) is 2.34. The number of nitrogens with zero attached hydrogens (tertiary/aromatic N) is 1. The van der Waals surface area contributed by atoms with Crippen LogP contribution in [-0.2, 0) is 38.0 Å². The van der Waals surface area contributed by atoms with Gasteiger partial charge in [-0.25, -0.2) is 0 Å². The number of likely N-dealkylation sites (N-methyl/N-ethyl adjacent to an activating group) is 1. The Hall–Kier alpha value is -1.52. The quantitative estimate of drug-likeness (QED) is 0.213. The number of cyclic esters (lactones) is 1. The molecule has 3 saturated heterocycles. The Kier molecular flexibility index (Phi) is 14.5. The molecule has 0 amide bonds. The highest BCUT2D eigenvalue weighted by atomic mass is 16.7. The van der Waals surface area contributed by atoms with Crippen molar-refractivity contribution in [3.8, 4) is 0 Å². The molecule has 4 N–H and O–H groups in total. The van der Waals surface area contributed by atoms with E-state index >= 15 is 0 Å². The van der Waals surface area contributed by atoms with Gasteiger partial charge < -0.3 is 53.7 Å². The highest BCUT2D eigenvalue weighted by molar-refractivity contribution is 5.91. The van der Waals surface area contributed by atoms with Crippen LogP contribution in [0.3, 0.4) is 0 Å². The molecule has 0 bridgehead atoms. The molecular weight excluding hydrogens is 650 g/mol. The maximum atomic E-state index is 13.4. The number of carbonyl (C=O) groups excluding carboxylic acids is 2. The van der Waals surface area contributed by atoms with E-state index in [1.165, 1.54) is 0 Å². The van der Waals surface area contributed by atoms with Crippen LogP contribution in [0.15, 0.2) is 12.2 Å². The molecule has 0 aromatic rings. The zero-order valence-electron chi connectivity index (χ0n) is 31.3. The van der Waals surface area contributed by atoms with Gasteiger partial charge in [0.25, 0.3) is 0 Å². The van der Waals surface area contributed by atoms with Crippen molar-refractivity contribution in [2.45, 2.75) is 166 Å². The van der Waals surface area contributed by atoms with Gasteiger partial charge in [0.1, 0.15) is 23.9 Å². The Morgan fingerprint density at radius 2 is 1.64 bits per heavy atom. The molecule has 13 nitrogen and oxygen atoms in total. The minimum atomic E-state index is -1.21. The predicted molar refractivity (Wildman–Crippen MR) is 183 cm³/mol. The summed E-state index contributed by atoms with van der Waals surface area (Å²) in [7, 11) is 3.65. The summed E-state index contributed by atoms with van der Waals surface area (Å²) in [6, 6.07) is -0.583. The van der Waals surface area contributed by atoms with Crippen LogP contribution in [0.25, 0.3) is 0 Å². The number of esters is 1. The average Bonchev–Trinajstić information content (AvgIpc) is 3.74. The average molecular weight is 714 g/mol. The van der Waals surface area contributed by atoms with E-state index in [0.29, 0.717) is 25.7 Å². The normalized spacial score (nSPS) is 46.8. The topological polar surface area (TPSA) is 177 Å². The van der Waals surface area contributed by atoms with E-state index in [-0.39, 0.29) is 37.3 Å². The molecule has 0 aromatic carbocycles. The maximum absolute atomic E-state index is 13.4. The fraction of sp³-hybridized carbons (Fsp3) is 0.892. The molecule has 0 aliphatic carbocycles. The van der Waals surface area contributed by atoms with Gasteiger partial charge in [-0.3, -0.25) is 9.59 Å². The van der Waals surface area contributed by atoms with E-state index in [9.17, 15) is 30.0 Å². The number of epoxide rings is 1. The Balaban J connectivity index is 1.61. The fourth-order valence-electron chi connectivity index (χ4n) is 8.06. The summed E-state index contributed by atoms with van der Waals surface area (Å²) in [5.74, 6) is -2.38. The van der Waals surface area contributed by atoms with E-state index in [1.807, 2.05) is 53.6 Å². The standard InChI is InChI=1S/C37H63NO12/c1-10-28-21(4)35-37(7,50-35)15-13-25(40)19(2)17-24(14-16-39)33(20(3)27(42)18-29(43)47-28)49-36-32(44)31(38(8)9)34(23(6)46-36)48-30-12-11-26(41)22(5)45-30/h13,15,19-24,26-28,30-36,39,41-42,44H,10-12,14,16-18H2,1-9H3. The molecule has 288 valence electrons. The van der Waals surface area contributed by atoms with Crippen molar-refractivity contribution in [1.82, 2.24) is 4.90 Å². The first-order valence-electron chi connectivity index (χ1n) is 18.5. The van der Waals surface area contributed by atoms with Gasteiger partial charge in [0.05, 0.1) is 49.1 Å². The number of aliphatic hydroxyl groups is 4. The van der Waals surface area contributed by atoms with Gasteiger partial charge in [0.2, 0.25) is 0 Å². The first-order valence-corrected chi connectivity index (χ1v) is 18.5. The van der Waals surface area contributed by atoms with Gasteiger partial charge >= 0.3 is 5.97 Å². The third-order valence-corrected chi connectivity index (χ3v) is 11.4. The van der Waals surface area contributed by atoms with Crippen LogP contribution < -0.4 is 0 Å². The Morgan fingerprint density at radius 3 is 2.26 bits per heavy atom. The molecule has 0 aromatic heterocycles. The summed E-state index contributed by atoms with van der Waals surface area (Å²) in [6.45, 7) is 12.8. The number of carbonyl (C=O) groups is 2. The summed E-state index contributed by atoms with van der Waals surface area (Å²) in [6.07, 6.45) is -2.60. The maximum Gasteiger partial charge on any atom is 0.308 e. The second-order valence-electron chi connectivity index (χ2n) is 15.6. The molecule has 0 spiro atoms. The summed E-state index contributed by atoms with van der Waals surface area (Å²) in [5.41, 5.74) is -0.659. The number of ketones is 1. The number of aliphatic hydroxyl groups excluding tert-OH is 4. The lowest BCUT2D eigenvalue weighted by molar-refractivity contribution is -0.332. The van der Waals surface area contributed by atoms with Crippen molar-refractivity contribution < 1.29 is 58.4 Å². The second-order valence-corrected chi connectivity index (χ2v) is 15.6. The van der Waals surface area contributed by atoms with Gasteiger partial charge in [-0.05, 0) is 78.6 Å². The largest absolute Gasteiger partial charge is 0.462 e. The van der Waals surface area contributed by atoms with Crippen LogP contribution in [0.4, 0.5) is 0 Å². The number of rotatable bonds is 8. The van der Waals surface area contributed by atoms with Crippen LogP contribution in [0, 0.1) is 23.7 Å². The van der Waals surface area contributed by atoms with Crippen LogP contribution in [-0.4, -0.2) is 137 Å².